The lowest BCUT2D eigenvalue weighted by Gasteiger charge is -2.15. The third kappa shape index (κ3) is 78.2. The van der Waals surface area contributed by atoms with Crippen LogP contribution >= 0.6 is 0 Å². The number of aliphatic hydroxyl groups is 1. The first-order valence-electron chi connectivity index (χ1n) is 39.4. The van der Waals surface area contributed by atoms with Crippen LogP contribution in [0.2, 0.25) is 0 Å². The van der Waals surface area contributed by atoms with Gasteiger partial charge in [-0.25, -0.2) is 0 Å². The molecule has 0 amide bonds. The standard InChI is InChI=1S/C87H148O5/c1-3-5-7-9-11-13-15-17-19-21-23-25-27-29-31-33-35-37-39-41-43-45-47-49-51-53-55-57-59-61-63-65-67-69-71-73-75-77-79-81-86(89)91-84-85(83-88)92-87(90)82-80-78-76-74-72-70-68-66-64-62-60-58-56-54-52-50-48-46-44-42-40-38-36-34-32-30-28-26-24-22-20-18-16-14-12-10-8-6-4-2/h6,8,12,14,18,20-21,23-24,26,30,32,36,38,42,44,48,50,54,56,60,62,66,68,85,88H,3-5,7,9-11,13,15-17,19,22,25,27-29,31,33-35,37,39-41,43,45-47,49,51-53,55,57-59,61,63-65,67,69-84H2,1-2H3/b8-6-,14-12-,20-18-,23-21-,26-24-,32-30-,38-36-,44-42-,50-48-,56-54-,62-60-,68-66-. The minimum atomic E-state index is -0.793. The van der Waals surface area contributed by atoms with Crippen LogP contribution in [-0.2, 0) is 19.1 Å². The summed E-state index contributed by atoms with van der Waals surface area (Å²) in [6.07, 6.45) is 122. The van der Waals surface area contributed by atoms with Crippen molar-refractivity contribution in [1.82, 2.24) is 0 Å². The fourth-order valence-corrected chi connectivity index (χ4v) is 11.3. The normalized spacial score (nSPS) is 13.0. The highest BCUT2D eigenvalue weighted by Crippen LogP contribution is 2.18. The van der Waals surface area contributed by atoms with Crippen molar-refractivity contribution in [1.29, 1.82) is 0 Å². The predicted molar refractivity (Wildman–Crippen MR) is 408 cm³/mol. The summed E-state index contributed by atoms with van der Waals surface area (Å²) in [6.45, 7) is 4.04. The molecule has 92 heavy (non-hydrogen) atoms. The van der Waals surface area contributed by atoms with Crippen LogP contribution in [0.4, 0.5) is 0 Å². The molecule has 1 atom stereocenters. The lowest BCUT2D eigenvalue weighted by Crippen LogP contribution is -2.28. The van der Waals surface area contributed by atoms with E-state index in [-0.39, 0.29) is 25.2 Å². The van der Waals surface area contributed by atoms with Crippen LogP contribution in [0.1, 0.15) is 373 Å². The topological polar surface area (TPSA) is 72.8 Å². The summed E-state index contributed by atoms with van der Waals surface area (Å²) < 4.78 is 10.8. The lowest BCUT2D eigenvalue weighted by molar-refractivity contribution is -0.161. The summed E-state index contributed by atoms with van der Waals surface area (Å²) in [5.41, 5.74) is 0. The zero-order chi connectivity index (χ0) is 66.1. The molecule has 0 heterocycles. The van der Waals surface area contributed by atoms with Crippen molar-refractivity contribution in [2.75, 3.05) is 13.2 Å². The maximum Gasteiger partial charge on any atom is 0.306 e. The van der Waals surface area contributed by atoms with E-state index in [1.807, 2.05) is 0 Å². The summed E-state index contributed by atoms with van der Waals surface area (Å²) in [5, 5.41) is 9.72. The van der Waals surface area contributed by atoms with Gasteiger partial charge >= 0.3 is 11.9 Å². The van der Waals surface area contributed by atoms with Gasteiger partial charge in [0.1, 0.15) is 6.61 Å². The molecule has 0 aromatic heterocycles. The average Bonchev–Trinajstić information content (AvgIpc) is 3.75. The van der Waals surface area contributed by atoms with E-state index in [0.29, 0.717) is 12.8 Å². The zero-order valence-electron chi connectivity index (χ0n) is 60.5. The quantitative estimate of drug-likeness (QED) is 0.0373. The molecule has 5 nitrogen and oxygen atoms in total. The molecule has 526 valence electrons. The number of carbonyl (C=O) groups is 2. The molecule has 0 aliphatic heterocycles. The molecular formula is C87H148O5. The first-order valence-corrected chi connectivity index (χ1v) is 39.4. The third-order valence-electron chi connectivity index (χ3n) is 17.1. The monoisotopic (exact) mass is 1270 g/mol. The zero-order valence-corrected chi connectivity index (χ0v) is 60.5. The summed E-state index contributed by atoms with van der Waals surface area (Å²) in [7, 11) is 0. The lowest BCUT2D eigenvalue weighted by atomic mass is 10.0. The SMILES string of the molecule is CC/C=C\C/C=C\C/C=C\C/C=C\C/C=C\C/C=C\C/C=C\C/C=C\C/C=C\C/C=C\C/C=C\CCCCCCCC(=O)OC(CO)COC(=O)CCCCCCCCCCCCCCCCCCCCCCCCCCCCC/C=C\CCCCCCCCCC. The van der Waals surface area contributed by atoms with E-state index in [9.17, 15) is 14.7 Å². The number of hydrogen-bond acceptors (Lipinski definition) is 5. The molecule has 0 spiro atoms. The highest BCUT2D eigenvalue weighted by Gasteiger charge is 2.16. The number of unbranched alkanes of at least 4 members (excludes halogenated alkanes) is 40. The molecule has 0 aliphatic rings. The van der Waals surface area contributed by atoms with Crippen molar-refractivity contribution in [3.8, 4) is 0 Å². The Morgan fingerprint density at radius 1 is 0.261 bits per heavy atom. The fraction of sp³-hybridized carbons (Fsp3) is 0.701. The van der Waals surface area contributed by atoms with Gasteiger partial charge in [-0.1, -0.05) is 384 Å². The second-order valence-corrected chi connectivity index (χ2v) is 26.1. The molecular weight excluding hydrogens is 1120 g/mol. The molecule has 0 saturated carbocycles. The van der Waals surface area contributed by atoms with E-state index < -0.39 is 6.10 Å². The number of carbonyl (C=O) groups excluding carboxylic acids is 2. The smallest absolute Gasteiger partial charge is 0.306 e. The molecule has 0 fully saturated rings. The minimum absolute atomic E-state index is 0.0785. The summed E-state index contributed by atoms with van der Waals surface area (Å²) >= 11 is 0. The van der Waals surface area contributed by atoms with Crippen LogP contribution in [-0.4, -0.2) is 36.4 Å². The van der Waals surface area contributed by atoms with Gasteiger partial charge in [0.15, 0.2) is 6.10 Å². The van der Waals surface area contributed by atoms with Crippen molar-refractivity contribution in [2.45, 2.75) is 380 Å². The number of hydrogen-bond donors (Lipinski definition) is 1. The molecule has 0 aliphatic carbocycles. The number of aliphatic hydroxyl groups excluding tert-OH is 1. The molecule has 0 aromatic rings. The molecule has 5 heteroatoms. The number of rotatable bonds is 72. The van der Waals surface area contributed by atoms with Crippen LogP contribution in [0, 0.1) is 0 Å². The Balaban J connectivity index is 3.51. The first kappa shape index (κ1) is 87.8. The Morgan fingerprint density at radius 2 is 0.467 bits per heavy atom. The summed E-state index contributed by atoms with van der Waals surface area (Å²) in [4.78, 5) is 24.7. The van der Waals surface area contributed by atoms with Crippen LogP contribution in [0.5, 0.6) is 0 Å². The van der Waals surface area contributed by atoms with E-state index in [1.54, 1.807) is 0 Å². The van der Waals surface area contributed by atoms with Crippen LogP contribution in [0.3, 0.4) is 0 Å². The van der Waals surface area contributed by atoms with Gasteiger partial charge < -0.3 is 14.6 Å². The van der Waals surface area contributed by atoms with Crippen LogP contribution < -0.4 is 0 Å². The molecule has 1 N–H and O–H groups in total. The van der Waals surface area contributed by atoms with E-state index in [0.717, 1.165) is 128 Å². The fourth-order valence-electron chi connectivity index (χ4n) is 11.3. The van der Waals surface area contributed by atoms with Gasteiger partial charge in [-0.3, -0.25) is 9.59 Å². The Morgan fingerprint density at radius 3 is 0.717 bits per heavy atom. The van der Waals surface area contributed by atoms with Crippen molar-refractivity contribution >= 4 is 11.9 Å². The van der Waals surface area contributed by atoms with Crippen molar-refractivity contribution in [2.24, 2.45) is 0 Å². The maximum absolute atomic E-state index is 12.4. The second kappa shape index (κ2) is 81.0. The second-order valence-electron chi connectivity index (χ2n) is 26.1. The molecule has 1 unspecified atom stereocenters. The van der Waals surface area contributed by atoms with Crippen LogP contribution in [0.15, 0.2) is 146 Å². The van der Waals surface area contributed by atoms with E-state index in [1.165, 1.54) is 218 Å². The Labute approximate surface area is 571 Å². The van der Waals surface area contributed by atoms with Gasteiger partial charge in [0.25, 0.3) is 0 Å². The molecule has 0 bridgehead atoms. The third-order valence-corrected chi connectivity index (χ3v) is 17.1. The van der Waals surface area contributed by atoms with Gasteiger partial charge in [-0.05, 0) is 122 Å². The van der Waals surface area contributed by atoms with E-state index in [2.05, 4.69) is 160 Å². The minimum Gasteiger partial charge on any atom is -0.462 e. The molecule has 0 rings (SSSR count). The average molecular weight is 1270 g/mol. The molecule has 0 aromatic carbocycles. The van der Waals surface area contributed by atoms with E-state index >= 15 is 0 Å². The predicted octanol–water partition coefficient (Wildman–Crippen LogP) is 28.0. The Bertz CT molecular complexity index is 1880. The van der Waals surface area contributed by atoms with Gasteiger partial charge in [0, 0.05) is 12.8 Å². The largest absolute Gasteiger partial charge is 0.462 e. The van der Waals surface area contributed by atoms with Gasteiger partial charge in [0.05, 0.1) is 6.61 Å². The van der Waals surface area contributed by atoms with Crippen molar-refractivity contribution < 1.29 is 24.2 Å². The van der Waals surface area contributed by atoms with Crippen molar-refractivity contribution in [3.05, 3.63) is 146 Å². The number of esters is 2. The Hall–Kier alpha value is -4.22. The van der Waals surface area contributed by atoms with Crippen molar-refractivity contribution in [3.63, 3.8) is 0 Å². The van der Waals surface area contributed by atoms with E-state index in [4.69, 9.17) is 9.47 Å². The molecule has 0 radical (unpaired) electrons. The first-order chi connectivity index (χ1) is 45.6. The highest BCUT2D eigenvalue weighted by atomic mass is 16.6. The summed E-state index contributed by atoms with van der Waals surface area (Å²) in [6, 6.07) is 0. The number of ether oxygens (including phenoxy) is 2. The van der Waals surface area contributed by atoms with Gasteiger partial charge in [-0.2, -0.15) is 0 Å². The summed E-state index contributed by atoms with van der Waals surface area (Å²) in [5.74, 6) is -0.607. The highest BCUT2D eigenvalue weighted by molar-refractivity contribution is 5.70. The Kier molecular flexibility index (Phi) is 77.3. The molecule has 0 saturated heterocycles. The number of allylic oxidation sites excluding steroid dienone is 24. The maximum atomic E-state index is 12.4. The van der Waals surface area contributed by atoms with Gasteiger partial charge in [0.2, 0.25) is 0 Å². The van der Waals surface area contributed by atoms with Crippen LogP contribution in [0.25, 0.3) is 0 Å². The van der Waals surface area contributed by atoms with Gasteiger partial charge in [-0.15, -0.1) is 0 Å².